The lowest BCUT2D eigenvalue weighted by atomic mass is 9.83. The SMILES string of the molecule is CCCCCOc1ccc(C23NC(=O)NC2(c2ccccc2)NC(=O)N3)cc1. The van der Waals surface area contributed by atoms with Gasteiger partial charge in [0.25, 0.3) is 0 Å². The van der Waals surface area contributed by atoms with Crippen molar-refractivity contribution in [2.45, 2.75) is 37.5 Å². The van der Waals surface area contributed by atoms with Crippen LogP contribution in [0.5, 0.6) is 5.75 Å². The molecule has 0 bridgehead atoms. The molecule has 2 aromatic carbocycles. The van der Waals surface area contributed by atoms with Crippen molar-refractivity contribution in [1.82, 2.24) is 21.3 Å². The summed E-state index contributed by atoms with van der Waals surface area (Å²) in [6.07, 6.45) is 3.29. The highest BCUT2D eigenvalue weighted by atomic mass is 16.5. The third-order valence-corrected chi connectivity index (χ3v) is 5.28. The summed E-state index contributed by atoms with van der Waals surface area (Å²) in [4.78, 5) is 24.7. The molecule has 146 valence electrons. The molecule has 0 spiro atoms. The smallest absolute Gasteiger partial charge is 0.319 e. The topological polar surface area (TPSA) is 91.5 Å². The van der Waals surface area contributed by atoms with Crippen LogP contribution in [0.4, 0.5) is 9.59 Å². The first-order chi connectivity index (χ1) is 13.6. The lowest BCUT2D eigenvalue weighted by Crippen LogP contribution is -2.60. The third kappa shape index (κ3) is 2.83. The van der Waals surface area contributed by atoms with Crippen LogP contribution in [0.15, 0.2) is 54.6 Å². The molecule has 0 atom stereocenters. The van der Waals surface area contributed by atoms with Gasteiger partial charge in [-0.05, 0) is 18.6 Å². The maximum absolute atomic E-state index is 12.4. The van der Waals surface area contributed by atoms with Gasteiger partial charge in [0.1, 0.15) is 5.75 Å². The Morgan fingerprint density at radius 1 is 0.750 bits per heavy atom. The Morgan fingerprint density at radius 2 is 1.29 bits per heavy atom. The number of nitrogens with one attached hydrogen (secondary N) is 4. The van der Waals surface area contributed by atoms with E-state index in [9.17, 15) is 9.59 Å². The molecular weight excluding hydrogens is 356 g/mol. The van der Waals surface area contributed by atoms with Gasteiger partial charge in [0.2, 0.25) is 0 Å². The van der Waals surface area contributed by atoms with E-state index in [0.29, 0.717) is 6.61 Å². The van der Waals surface area contributed by atoms with Gasteiger partial charge in [-0.2, -0.15) is 0 Å². The van der Waals surface area contributed by atoms with Crippen molar-refractivity contribution in [3.05, 3.63) is 65.7 Å². The number of urea groups is 2. The number of rotatable bonds is 7. The normalized spacial score (nSPS) is 25.3. The van der Waals surface area contributed by atoms with E-state index in [1.165, 1.54) is 0 Å². The Morgan fingerprint density at radius 3 is 1.82 bits per heavy atom. The Kier molecular flexibility index (Phi) is 4.58. The lowest BCUT2D eigenvalue weighted by Gasteiger charge is -2.37. The molecule has 2 aromatic rings. The number of unbranched alkanes of at least 4 members (excludes halogenated alkanes) is 2. The molecule has 7 heteroatoms. The molecule has 0 unspecified atom stereocenters. The maximum Gasteiger partial charge on any atom is 0.319 e. The van der Waals surface area contributed by atoms with Crippen LogP contribution in [-0.4, -0.2) is 18.7 Å². The molecule has 4 rings (SSSR count). The second-order valence-electron chi connectivity index (χ2n) is 7.10. The molecule has 4 amide bonds. The minimum atomic E-state index is -1.15. The van der Waals surface area contributed by atoms with E-state index in [4.69, 9.17) is 4.74 Å². The van der Waals surface area contributed by atoms with E-state index in [1.807, 2.05) is 54.6 Å². The second-order valence-corrected chi connectivity index (χ2v) is 7.10. The van der Waals surface area contributed by atoms with E-state index in [2.05, 4.69) is 28.2 Å². The summed E-state index contributed by atoms with van der Waals surface area (Å²) in [7, 11) is 0. The molecule has 0 radical (unpaired) electrons. The van der Waals surface area contributed by atoms with Crippen LogP contribution in [0.3, 0.4) is 0 Å². The van der Waals surface area contributed by atoms with Gasteiger partial charge in [-0.25, -0.2) is 9.59 Å². The molecule has 2 saturated heterocycles. The van der Waals surface area contributed by atoms with Crippen molar-refractivity contribution < 1.29 is 14.3 Å². The number of ether oxygens (including phenoxy) is 1. The number of hydrogen-bond acceptors (Lipinski definition) is 3. The largest absolute Gasteiger partial charge is 0.494 e. The lowest BCUT2D eigenvalue weighted by molar-refractivity contribution is 0.208. The molecule has 0 aromatic heterocycles. The summed E-state index contributed by atoms with van der Waals surface area (Å²) in [6.45, 7) is 2.82. The highest BCUT2D eigenvalue weighted by Gasteiger charge is 2.66. The summed E-state index contributed by atoms with van der Waals surface area (Å²) in [5.41, 5.74) is -0.768. The van der Waals surface area contributed by atoms with Crippen LogP contribution in [0, 0.1) is 0 Å². The van der Waals surface area contributed by atoms with Gasteiger partial charge in [0.05, 0.1) is 6.61 Å². The van der Waals surface area contributed by atoms with Crippen LogP contribution in [0.25, 0.3) is 0 Å². The van der Waals surface area contributed by atoms with Gasteiger partial charge in [0, 0.05) is 11.1 Å². The molecule has 7 nitrogen and oxygen atoms in total. The van der Waals surface area contributed by atoms with Crippen molar-refractivity contribution in [2.24, 2.45) is 0 Å². The quantitative estimate of drug-likeness (QED) is 0.557. The van der Waals surface area contributed by atoms with Crippen molar-refractivity contribution in [2.75, 3.05) is 6.61 Å². The number of carbonyl (C=O) groups is 2. The maximum atomic E-state index is 12.4. The zero-order chi connectivity index (χ0) is 19.6. The van der Waals surface area contributed by atoms with Crippen LogP contribution in [0.2, 0.25) is 0 Å². The fraction of sp³-hybridized carbons (Fsp3) is 0.333. The Labute approximate surface area is 163 Å². The van der Waals surface area contributed by atoms with Crippen LogP contribution < -0.4 is 26.0 Å². The fourth-order valence-corrected chi connectivity index (χ4v) is 3.93. The highest BCUT2D eigenvalue weighted by Crippen LogP contribution is 2.43. The molecular formula is C21H24N4O3. The van der Waals surface area contributed by atoms with Gasteiger partial charge < -0.3 is 26.0 Å². The summed E-state index contributed by atoms with van der Waals surface area (Å²) in [6, 6.07) is 16.1. The number of carbonyl (C=O) groups excluding carboxylic acids is 2. The van der Waals surface area contributed by atoms with E-state index in [1.54, 1.807) is 0 Å². The van der Waals surface area contributed by atoms with E-state index < -0.39 is 11.3 Å². The van der Waals surface area contributed by atoms with Gasteiger partial charge in [-0.15, -0.1) is 0 Å². The Hall–Kier alpha value is -3.22. The molecule has 2 fully saturated rings. The second kappa shape index (κ2) is 7.07. The van der Waals surface area contributed by atoms with Gasteiger partial charge >= 0.3 is 12.1 Å². The first kappa shape index (κ1) is 18.2. The monoisotopic (exact) mass is 380 g/mol. The molecule has 0 aliphatic carbocycles. The number of benzene rings is 2. The van der Waals surface area contributed by atoms with Crippen LogP contribution >= 0.6 is 0 Å². The molecule has 0 saturated carbocycles. The zero-order valence-corrected chi connectivity index (χ0v) is 15.7. The summed E-state index contributed by atoms with van der Waals surface area (Å²) in [5, 5.41) is 11.6. The summed E-state index contributed by atoms with van der Waals surface area (Å²) in [5.74, 6) is 0.760. The molecule has 2 aliphatic heterocycles. The minimum Gasteiger partial charge on any atom is -0.494 e. The highest BCUT2D eigenvalue weighted by molar-refractivity contribution is 5.89. The van der Waals surface area contributed by atoms with Gasteiger partial charge in [0.15, 0.2) is 11.3 Å². The van der Waals surface area contributed by atoms with E-state index >= 15 is 0 Å². The number of hydrogen-bond donors (Lipinski definition) is 4. The van der Waals surface area contributed by atoms with Crippen LogP contribution in [0.1, 0.15) is 37.3 Å². The van der Waals surface area contributed by atoms with Crippen molar-refractivity contribution >= 4 is 12.1 Å². The van der Waals surface area contributed by atoms with Gasteiger partial charge in [-0.3, -0.25) is 0 Å². The first-order valence-corrected chi connectivity index (χ1v) is 9.59. The van der Waals surface area contributed by atoms with Crippen LogP contribution in [-0.2, 0) is 11.3 Å². The molecule has 2 heterocycles. The summed E-state index contributed by atoms with van der Waals surface area (Å²) < 4.78 is 5.78. The molecule has 28 heavy (non-hydrogen) atoms. The zero-order valence-electron chi connectivity index (χ0n) is 15.7. The van der Waals surface area contributed by atoms with Crippen molar-refractivity contribution in [3.63, 3.8) is 0 Å². The fourth-order valence-electron chi connectivity index (χ4n) is 3.93. The minimum absolute atomic E-state index is 0.365. The summed E-state index contributed by atoms with van der Waals surface area (Å²) >= 11 is 0. The van der Waals surface area contributed by atoms with E-state index in [0.717, 1.165) is 36.1 Å². The first-order valence-electron chi connectivity index (χ1n) is 9.59. The number of amides is 4. The Bertz CT molecular complexity index is 847. The van der Waals surface area contributed by atoms with E-state index in [-0.39, 0.29) is 12.1 Å². The standard InChI is InChI=1S/C21H24N4O3/c1-2-3-7-14-28-17-12-10-16(11-13-17)21-20(22-18(26)24-21,23-19(27)25-21)15-8-5-4-6-9-15/h4-6,8-13H,2-3,7,14H2,1H3,(H2,22,24,26)(H2,23,25,27). The number of fused-ring (bicyclic) bond motifs is 1. The third-order valence-electron chi connectivity index (χ3n) is 5.28. The Balaban J connectivity index is 1.68. The van der Waals surface area contributed by atoms with Crippen molar-refractivity contribution in [1.29, 1.82) is 0 Å². The molecule has 4 N–H and O–H groups in total. The van der Waals surface area contributed by atoms with Gasteiger partial charge in [-0.1, -0.05) is 62.2 Å². The predicted octanol–water partition coefficient (Wildman–Crippen LogP) is 2.89. The average molecular weight is 380 g/mol. The van der Waals surface area contributed by atoms with Crippen molar-refractivity contribution in [3.8, 4) is 5.75 Å². The molecule has 2 aliphatic rings. The predicted molar refractivity (Wildman–Crippen MR) is 105 cm³/mol. The average Bonchev–Trinajstić information content (AvgIpc) is 3.14.